The Hall–Kier alpha value is -5.74. The Morgan fingerprint density at radius 1 is 0.422 bits per heavy atom. The highest BCUT2D eigenvalue weighted by Gasteiger charge is 2.37. The first-order chi connectivity index (χ1) is 22.1. The van der Waals surface area contributed by atoms with Gasteiger partial charge in [0, 0.05) is 40.1 Å². The number of rotatable bonds is 5. The topological polar surface area (TPSA) is 51.6 Å². The maximum atomic E-state index is 4.99. The van der Waals surface area contributed by atoms with Gasteiger partial charge in [-0.15, -0.1) is 0 Å². The van der Waals surface area contributed by atoms with Gasteiger partial charge in [-0.25, -0.2) is 15.0 Å². The SMILES string of the molecule is CC1(C)c2ccccc2-c2c1ccc(-c1cccc(-c3nc(-c4ccccc4)nc(-c4ccccc4)n3)c1)c2-c1cccnc1. The van der Waals surface area contributed by atoms with Crippen LogP contribution in [0.25, 0.3) is 67.5 Å². The second-order valence-corrected chi connectivity index (χ2v) is 11.9. The molecule has 0 saturated carbocycles. The highest BCUT2D eigenvalue weighted by Crippen LogP contribution is 2.54. The normalized spacial score (nSPS) is 12.8. The molecule has 8 rings (SSSR count). The van der Waals surface area contributed by atoms with Crippen molar-refractivity contribution >= 4 is 0 Å². The molecule has 0 N–H and O–H groups in total. The molecule has 0 saturated heterocycles. The highest BCUT2D eigenvalue weighted by molar-refractivity contribution is 6.00. The van der Waals surface area contributed by atoms with Crippen molar-refractivity contribution in [2.24, 2.45) is 0 Å². The average molecular weight is 579 g/mol. The second-order valence-electron chi connectivity index (χ2n) is 11.9. The molecule has 4 nitrogen and oxygen atoms in total. The molecular formula is C41H30N4. The van der Waals surface area contributed by atoms with Gasteiger partial charge in [-0.3, -0.25) is 4.98 Å². The zero-order valence-corrected chi connectivity index (χ0v) is 25.1. The number of hydrogen-bond donors (Lipinski definition) is 0. The summed E-state index contributed by atoms with van der Waals surface area (Å²) in [5, 5.41) is 0. The van der Waals surface area contributed by atoms with Gasteiger partial charge in [0.15, 0.2) is 17.5 Å². The Morgan fingerprint density at radius 3 is 1.67 bits per heavy atom. The number of hydrogen-bond acceptors (Lipinski definition) is 4. The van der Waals surface area contributed by atoms with Crippen molar-refractivity contribution in [3.05, 3.63) is 157 Å². The molecule has 0 bridgehead atoms. The van der Waals surface area contributed by atoms with E-state index in [0.717, 1.165) is 33.4 Å². The lowest BCUT2D eigenvalue weighted by Crippen LogP contribution is -2.14. The molecule has 1 aliphatic rings. The molecule has 2 aromatic heterocycles. The van der Waals surface area contributed by atoms with E-state index in [1.165, 1.54) is 27.8 Å². The van der Waals surface area contributed by atoms with E-state index in [0.29, 0.717) is 17.5 Å². The number of pyridine rings is 1. The van der Waals surface area contributed by atoms with E-state index in [9.17, 15) is 0 Å². The van der Waals surface area contributed by atoms with Crippen LogP contribution in [-0.2, 0) is 5.41 Å². The summed E-state index contributed by atoms with van der Waals surface area (Å²) in [5.41, 5.74) is 12.5. The fraction of sp³-hybridized carbons (Fsp3) is 0.0732. The van der Waals surface area contributed by atoms with Crippen LogP contribution in [0.2, 0.25) is 0 Å². The van der Waals surface area contributed by atoms with Crippen LogP contribution in [-0.4, -0.2) is 19.9 Å². The lowest BCUT2D eigenvalue weighted by atomic mass is 9.80. The average Bonchev–Trinajstić information content (AvgIpc) is 3.35. The Balaban J connectivity index is 1.34. The Morgan fingerprint density at radius 2 is 1.00 bits per heavy atom. The van der Waals surface area contributed by atoms with Gasteiger partial charge in [0.2, 0.25) is 0 Å². The van der Waals surface area contributed by atoms with E-state index in [1.54, 1.807) is 0 Å². The van der Waals surface area contributed by atoms with Crippen LogP contribution < -0.4 is 0 Å². The van der Waals surface area contributed by atoms with Crippen molar-refractivity contribution in [3.8, 4) is 67.5 Å². The predicted molar refractivity (Wildman–Crippen MR) is 182 cm³/mol. The summed E-state index contributed by atoms with van der Waals surface area (Å²) in [6, 6.07) is 46.3. The monoisotopic (exact) mass is 578 g/mol. The summed E-state index contributed by atoms with van der Waals surface area (Å²) >= 11 is 0. The molecule has 1 aliphatic carbocycles. The van der Waals surface area contributed by atoms with Crippen LogP contribution in [0.4, 0.5) is 0 Å². The van der Waals surface area contributed by atoms with Crippen LogP contribution in [0.5, 0.6) is 0 Å². The van der Waals surface area contributed by atoms with E-state index in [4.69, 9.17) is 15.0 Å². The van der Waals surface area contributed by atoms with E-state index >= 15 is 0 Å². The van der Waals surface area contributed by atoms with Crippen molar-refractivity contribution in [2.75, 3.05) is 0 Å². The minimum atomic E-state index is -0.101. The fourth-order valence-electron chi connectivity index (χ4n) is 6.61. The summed E-state index contributed by atoms with van der Waals surface area (Å²) in [7, 11) is 0. The van der Waals surface area contributed by atoms with E-state index < -0.39 is 0 Å². The zero-order valence-electron chi connectivity index (χ0n) is 25.1. The lowest BCUT2D eigenvalue weighted by molar-refractivity contribution is 0.660. The first kappa shape index (κ1) is 26.9. The van der Waals surface area contributed by atoms with E-state index in [2.05, 4.69) is 85.6 Å². The van der Waals surface area contributed by atoms with Crippen molar-refractivity contribution in [1.29, 1.82) is 0 Å². The van der Waals surface area contributed by atoms with Gasteiger partial charge in [0.25, 0.3) is 0 Å². The first-order valence-corrected chi connectivity index (χ1v) is 15.2. The van der Waals surface area contributed by atoms with Gasteiger partial charge in [0.1, 0.15) is 0 Å². The molecule has 7 aromatic rings. The molecule has 0 aliphatic heterocycles. The van der Waals surface area contributed by atoms with Crippen LogP contribution in [0.15, 0.2) is 146 Å². The summed E-state index contributed by atoms with van der Waals surface area (Å²) in [5.74, 6) is 1.94. The van der Waals surface area contributed by atoms with Crippen molar-refractivity contribution in [3.63, 3.8) is 0 Å². The Bertz CT molecular complexity index is 2110. The van der Waals surface area contributed by atoms with Gasteiger partial charge < -0.3 is 0 Å². The minimum Gasteiger partial charge on any atom is -0.264 e. The largest absolute Gasteiger partial charge is 0.264 e. The van der Waals surface area contributed by atoms with Crippen molar-refractivity contribution < 1.29 is 0 Å². The summed E-state index contributed by atoms with van der Waals surface area (Å²) in [6.45, 7) is 4.64. The molecule has 2 heterocycles. The van der Waals surface area contributed by atoms with Crippen molar-refractivity contribution in [2.45, 2.75) is 19.3 Å². The van der Waals surface area contributed by atoms with Gasteiger partial charge >= 0.3 is 0 Å². The molecule has 0 amide bonds. The number of fused-ring (bicyclic) bond motifs is 3. The van der Waals surface area contributed by atoms with Gasteiger partial charge in [-0.1, -0.05) is 135 Å². The van der Waals surface area contributed by atoms with Gasteiger partial charge in [-0.05, 0) is 51.1 Å². The third-order valence-electron chi connectivity index (χ3n) is 8.83. The quantitative estimate of drug-likeness (QED) is 0.204. The number of benzene rings is 5. The molecule has 4 heteroatoms. The predicted octanol–water partition coefficient (Wildman–Crippen LogP) is 9.91. The Labute approximate surface area is 263 Å². The van der Waals surface area contributed by atoms with Gasteiger partial charge in [-0.2, -0.15) is 0 Å². The molecule has 0 spiro atoms. The third-order valence-corrected chi connectivity index (χ3v) is 8.83. The van der Waals surface area contributed by atoms with Crippen molar-refractivity contribution in [1.82, 2.24) is 19.9 Å². The van der Waals surface area contributed by atoms with Crippen LogP contribution in [0.1, 0.15) is 25.0 Å². The summed E-state index contributed by atoms with van der Waals surface area (Å²) in [6.07, 6.45) is 3.81. The van der Waals surface area contributed by atoms with Crippen LogP contribution in [0.3, 0.4) is 0 Å². The summed E-state index contributed by atoms with van der Waals surface area (Å²) in [4.78, 5) is 19.4. The number of aromatic nitrogens is 4. The van der Waals surface area contributed by atoms with Crippen LogP contribution >= 0.6 is 0 Å². The van der Waals surface area contributed by atoms with Gasteiger partial charge in [0.05, 0.1) is 0 Å². The molecule has 0 fully saturated rings. The minimum absolute atomic E-state index is 0.101. The molecule has 0 radical (unpaired) electrons. The molecule has 214 valence electrons. The van der Waals surface area contributed by atoms with E-state index in [-0.39, 0.29) is 5.41 Å². The molecule has 45 heavy (non-hydrogen) atoms. The molecule has 0 atom stereocenters. The lowest BCUT2D eigenvalue weighted by Gasteiger charge is -2.23. The maximum absolute atomic E-state index is 4.99. The standard InChI is InChI=1S/C41H30N4/c1-41(2)34-21-10-9-20-33(34)37-35(41)23-22-32(36(37)31-19-12-24-42-26-31)29-17-11-18-30(25-29)40-44-38(27-13-5-3-6-14-27)43-39(45-40)28-15-7-4-8-16-28/h3-26H,1-2H3. The third kappa shape index (κ3) is 4.63. The smallest absolute Gasteiger partial charge is 0.164 e. The maximum Gasteiger partial charge on any atom is 0.164 e. The van der Waals surface area contributed by atoms with Crippen LogP contribution in [0, 0.1) is 0 Å². The zero-order chi connectivity index (χ0) is 30.4. The van der Waals surface area contributed by atoms with E-state index in [1.807, 2.05) is 79.1 Å². The highest BCUT2D eigenvalue weighted by atomic mass is 15.0. The summed E-state index contributed by atoms with van der Waals surface area (Å²) < 4.78 is 0. The fourth-order valence-corrected chi connectivity index (χ4v) is 6.61. The molecule has 0 unspecified atom stereocenters. The number of nitrogens with zero attached hydrogens (tertiary/aromatic N) is 4. The second kappa shape index (κ2) is 10.8. The molecular weight excluding hydrogens is 548 g/mol. The first-order valence-electron chi connectivity index (χ1n) is 15.2. The molecule has 5 aromatic carbocycles. The Kier molecular flexibility index (Phi) is 6.42.